The molecule has 1 rings (SSSR count). The number of ether oxygens (including phenoxy) is 2. The van der Waals surface area contributed by atoms with E-state index < -0.39 is 28.6 Å². The molecule has 0 radical (unpaired) electrons. The van der Waals surface area contributed by atoms with Gasteiger partial charge in [-0.3, -0.25) is 4.79 Å². The van der Waals surface area contributed by atoms with Gasteiger partial charge in [-0.2, -0.15) is 4.72 Å². The Morgan fingerprint density at radius 2 is 2.00 bits per heavy atom. The monoisotopic (exact) mass is 319 g/mol. The van der Waals surface area contributed by atoms with Crippen molar-refractivity contribution < 1.29 is 32.9 Å². The number of carboxylic acid groups (broad SMARTS) is 1. The lowest BCUT2D eigenvalue weighted by atomic mass is 10.2. The fourth-order valence-corrected chi connectivity index (χ4v) is 3.01. The molecule has 0 saturated carbocycles. The summed E-state index contributed by atoms with van der Waals surface area (Å²) >= 11 is 0. The fourth-order valence-electron chi connectivity index (χ4n) is 1.61. The van der Waals surface area contributed by atoms with Gasteiger partial charge in [-0.25, -0.2) is 8.42 Å². The highest BCUT2D eigenvalue weighted by Crippen LogP contribution is 2.28. The van der Waals surface area contributed by atoms with Gasteiger partial charge in [0.05, 0.1) is 14.2 Å². The van der Waals surface area contributed by atoms with E-state index in [2.05, 4.69) is 0 Å². The number of rotatable bonds is 8. The van der Waals surface area contributed by atoms with Gasteiger partial charge in [-0.15, -0.1) is 0 Å². The van der Waals surface area contributed by atoms with E-state index in [4.69, 9.17) is 19.7 Å². The summed E-state index contributed by atoms with van der Waals surface area (Å²) < 4.78 is 36.5. The summed E-state index contributed by atoms with van der Waals surface area (Å²) in [5.41, 5.74) is 0. The van der Waals surface area contributed by atoms with Gasteiger partial charge in [0.15, 0.2) is 0 Å². The molecular weight excluding hydrogens is 302 g/mol. The SMILES string of the molecule is COc1ccc(OC)c(S(=O)(=O)NC(CCO)C(=O)O)c1. The van der Waals surface area contributed by atoms with Gasteiger partial charge in [0, 0.05) is 12.7 Å². The summed E-state index contributed by atoms with van der Waals surface area (Å²) in [6, 6.07) is 2.70. The first-order valence-electron chi connectivity index (χ1n) is 5.93. The van der Waals surface area contributed by atoms with E-state index in [-0.39, 0.29) is 22.8 Å². The smallest absolute Gasteiger partial charge is 0.321 e. The quantitative estimate of drug-likeness (QED) is 0.607. The number of aliphatic carboxylic acids is 1. The maximum absolute atomic E-state index is 12.3. The van der Waals surface area contributed by atoms with Gasteiger partial charge in [0.25, 0.3) is 0 Å². The lowest BCUT2D eigenvalue weighted by Crippen LogP contribution is -2.41. The molecule has 118 valence electrons. The average Bonchev–Trinajstić information content (AvgIpc) is 2.45. The Morgan fingerprint density at radius 1 is 1.33 bits per heavy atom. The molecule has 0 heterocycles. The second-order valence-electron chi connectivity index (χ2n) is 4.04. The van der Waals surface area contributed by atoms with Crippen molar-refractivity contribution in [3.8, 4) is 11.5 Å². The van der Waals surface area contributed by atoms with Crippen LogP contribution in [-0.4, -0.2) is 51.5 Å². The number of aliphatic hydroxyl groups is 1. The number of methoxy groups -OCH3 is 2. The third-order valence-electron chi connectivity index (χ3n) is 2.67. The van der Waals surface area contributed by atoms with Crippen molar-refractivity contribution in [2.45, 2.75) is 17.4 Å². The minimum Gasteiger partial charge on any atom is -0.497 e. The third-order valence-corrected chi connectivity index (χ3v) is 4.17. The molecule has 0 aliphatic rings. The van der Waals surface area contributed by atoms with Crippen LogP contribution in [0.25, 0.3) is 0 Å². The number of hydrogen-bond acceptors (Lipinski definition) is 6. The minimum absolute atomic E-state index is 0.0523. The normalized spacial score (nSPS) is 12.7. The van der Waals surface area contributed by atoms with Gasteiger partial charge >= 0.3 is 5.97 Å². The third kappa shape index (κ3) is 4.31. The Hall–Kier alpha value is -1.84. The number of carbonyl (C=O) groups is 1. The number of carboxylic acids is 1. The molecule has 1 atom stereocenters. The summed E-state index contributed by atoms with van der Waals surface area (Å²) in [5.74, 6) is -1.05. The van der Waals surface area contributed by atoms with Crippen molar-refractivity contribution in [2.75, 3.05) is 20.8 Å². The Labute approximate surface area is 122 Å². The maximum atomic E-state index is 12.3. The van der Waals surface area contributed by atoms with Crippen LogP contribution in [-0.2, 0) is 14.8 Å². The van der Waals surface area contributed by atoms with Crippen LogP contribution >= 0.6 is 0 Å². The van der Waals surface area contributed by atoms with Crippen molar-refractivity contribution in [2.24, 2.45) is 0 Å². The zero-order chi connectivity index (χ0) is 16.0. The van der Waals surface area contributed by atoms with Crippen LogP contribution in [0.4, 0.5) is 0 Å². The molecule has 0 aromatic heterocycles. The first-order valence-corrected chi connectivity index (χ1v) is 7.42. The first-order chi connectivity index (χ1) is 9.85. The first kappa shape index (κ1) is 17.2. The van der Waals surface area contributed by atoms with Crippen LogP contribution in [0.15, 0.2) is 23.1 Å². The number of aliphatic hydroxyl groups excluding tert-OH is 1. The fraction of sp³-hybridized carbons (Fsp3) is 0.417. The van der Waals surface area contributed by atoms with Crippen molar-refractivity contribution in [3.63, 3.8) is 0 Å². The van der Waals surface area contributed by atoms with Crippen LogP contribution in [0.5, 0.6) is 11.5 Å². The predicted molar refractivity (Wildman–Crippen MR) is 73.0 cm³/mol. The zero-order valence-corrected chi connectivity index (χ0v) is 12.4. The molecule has 0 spiro atoms. The van der Waals surface area contributed by atoms with Gasteiger partial charge in [0.2, 0.25) is 10.0 Å². The second-order valence-corrected chi connectivity index (χ2v) is 5.72. The summed E-state index contributed by atoms with van der Waals surface area (Å²) in [5, 5.41) is 17.7. The average molecular weight is 319 g/mol. The van der Waals surface area contributed by atoms with Gasteiger partial charge in [-0.05, 0) is 18.6 Å². The van der Waals surface area contributed by atoms with Crippen LogP contribution in [0.1, 0.15) is 6.42 Å². The summed E-state index contributed by atoms with van der Waals surface area (Å²) in [6.07, 6.45) is -0.249. The Kier molecular flexibility index (Phi) is 5.94. The summed E-state index contributed by atoms with van der Waals surface area (Å²) in [6.45, 7) is -0.464. The molecule has 1 aromatic carbocycles. The zero-order valence-electron chi connectivity index (χ0n) is 11.6. The molecule has 0 amide bonds. The molecule has 0 bridgehead atoms. The molecule has 0 aliphatic carbocycles. The van der Waals surface area contributed by atoms with Crippen LogP contribution < -0.4 is 14.2 Å². The van der Waals surface area contributed by atoms with Crippen LogP contribution in [0.3, 0.4) is 0 Å². The number of nitrogens with one attached hydrogen (secondary N) is 1. The van der Waals surface area contributed by atoms with E-state index in [9.17, 15) is 13.2 Å². The highest BCUT2D eigenvalue weighted by molar-refractivity contribution is 7.89. The van der Waals surface area contributed by atoms with E-state index in [0.29, 0.717) is 0 Å². The Morgan fingerprint density at radius 3 is 2.48 bits per heavy atom. The Bertz CT molecular complexity index is 600. The number of sulfonamides is 1. The Balaban J connectivity index is 3.20. The number of hydrogen-bond donors (Lipinski definition) is 3. The highest BCUT2D eigenvalue weighted by Gasteiger charge is 2.27. The largest absolute Gasteiger partial charge is 0.497 e. The van der Waals surface area contributed by atoms with Crippen LogP contribution in [0.2, 0.25) is 0 Å². The number of benzene rings is 1. The molecule has 21 heavy (non-hydrogen) atoms. The van der Waals surface area contributed by atoms with E-state index >= 15 is 0 Å². The lowest BCUT2D eigenvalue weighted by molar-refractivity contribution is -0.139. The standard InChI is InChI=1S/C12H17NO7S/c1-19-8-3-4-10(20-2)11(7-8)21(17,18)13-9(5-6-14)12(15)16/h3-4,7,9,13-14H,5-6H2,1-2H3,(H,15,16). The predicted octanol–water partition coefficient (Wildman–Crippen LogP) is -0.182. The molecule has 0 aliphatic heterocycles. The minimum atomic E-state index is -4.15. The topological polar surface area (TPSA) is 122 Å². The summed E-state index contributed by atoms with van der Waals surface area (Å²) in [4.78, 5) is 10.7. The highest BCUT2D eigenvalue weighted by atomic mass is 32.2. The van der Waals surface area contributed by atoms with E-state index in [0.717, 1.165) is 0 Å². The van der Waals surface area contributed by atoms with E-state index in [1.165, 1.54) is 32.4 Å². The second kappa shape index (κ2) is 7.25. The molecular formula is C12H17NO7S. The molecule has 1 aromatic rings. The van der Waals surface area contributed by atoms with Gasteiger partial charge in [0.1, 0.15) is 22.4 Å². The van der Waals surface area contributed by atoms with E-state index in [1.807, 2.05) is 4.72 Å². The van der Waals surface area contributed by atoms with Crippen molar-refractivity contribution in [3.05, 3.63) is 18.2 Å². The molecule has 8 nitrogen and oxygen atoms in total. The lowest BCUT2D eigenvalue weighted by Gasteiger charge is -2.16. The van der Waals surface area contributed by atoms with Crippen LogP contribution in [0, 0.1) is 0 Å². The van der Waals surface area contributed by atoms with E-state index in [1.54, 1.807) is 0 Å². The van der Waals surface area contributed by atoms with Gasteiger partial charge in [-0.1, -0.05) is 0 Å². The molecule has 3 N–H and O–H groups in total. The molecule has 1 unspecified atom stereocenters. The summed E-state index contributed by atoms with van der Waals surface area (Å²) in [7, 11) is -1.48. The van der Waals surface area contributed by atoms with Crippen molar-refractivity contribution in [1.29, 1.82) is 0 Å². The molecule has 0 saturated heterocycles. The van der Waals surface area contributed by atoms with Gasteiger partial charge < -0.3 is 19.7 Å². The van der Waals surface area contributed by atoms with Crippen molar-refractivity contribution >= 4 is 16.0 Å². The van der Waals surface area contributed by atoms with Crippen molar-refractivity contribution in [1.82, 2.24) is 4.72 Å². The molecule has 9 heteroatoms. The maximum Gasteiger partial charge on any atom is 0.321 e. The molecule has 0 fully saturated rings.